The van der Waals surface area contributed by atoms with Crippen LogP contribution in [0.3, 0.4) is 0 Å². The second-order valence-corrected chi connectivity index (χ2v) is 4.97. The number of fused-ring (bicyclic) bond motifs is 1. The van der Waals surface area contributed by atoms with Crippen LogP contribution >= 0.6 is 0 Å². The maximum atomic E-state index is 5.04. The third kappa shape index (κ3) is 3.24. The Kier molecular flexibility index (Phi) is 5.02. The minimum absolute atomic E-state index is 0.552. The number of benzene rings is 1. The molecular formula is C15H24N2O. The molecule has 0 aromatic heterocycles. The molecule has 0 radical (unpaired) electrons. The van der Waals surface area contributed by atoms with Crippen molar-refractivity contribution in [1.82, 2.24) is 5.32 Å². The number of para-hydroxylation sites is 1. The highest BCUT2D eigenvalue weighted by molar-refractivity contribution is 5.58. The second kappa shape index (κ2) is 6.76. The average Bonchev–Trinajstić information content (AvgIpc) is 2.82. The first-order chi connectivity index (χ1) is 8.83. The molecule has 0 amide bonds. The summed E-state index contributed by atoms with van der Waals surface area (Å²) in [4.78, 5) is 2.51. The molecule has 1 atom stereocenters. The molecule has 0 spiro atoms. The lowest BCUT2D eigenvalue weighted by molar-refractivity contribution is 0.194. The van der Waals surface area contributed by atoms with Crippen LogP contribution in [0.5, 0.6) is 0 Å². The smallest absolute Gasteiger partial charge is 0.0474 e. The summed E-state index contributed by atoms with van der Waals surface area (Å²) in [6.45, 7) is 6.37. The number of ether oxygens (including phenoxy) is 1. The van der Waals surface area contributed by atoms with E-state index in [1.165, 1.54) is 17.7 Å². The summed E-state index contributed by atoms with van der Waals surface area (Å²) in [5.41, 5.74) is 2.91. The summed E-state index contributed by atoms with van der Waals surface area (Å²) < 4.78 is 5.04. The van der Waals surface area contributed by atoms with Gasteiger partial charge < -0.3 is 15.0 Å². The number of rotatable bonds is 7. The van der Waals surface area contributed by atoms with Gasteiger partial charge in [0.2, 0.25) is 0 Å². The second-order valence-electron chi connectivity index (χ2n) is 4.97. The van der Waals surface area contributed by atoms with Crippen LogP contribution in [0, 0.1) is 0 Å². The molecule has 1 N–H and O–H groups in total. The van der Waals surface area contributed by atoms with Gasteiger partial charge in [-0.25, -0.2) is 0 Å². The van der Waals surface area contributed by atoms with Crippen molar-refractivity contribution >= 4 is 5.69 Å². The van der Waals surface area contributed by atoms with Crippen molar-refractivity contribution < 1.29 is 4.74 Å². The van der Waals surface area contributed by atoms with Crippen molar-refractivity contribution in [1.29, 1.82) is 0 Å². The molecule has 0 saturated heterocycles. The van der Waals surface area contributed by atoms with E-state index in [4.69, 9.17) is 4.74 Å². The van der Waals surface area contributed by atoms with E-state index in [1.807, 2.05) is 0 Å². The summed E-state index contributed by atoms with van der Waals surface area (Å²) in [6, 6.07) is 9.31. The lowest BCUT2D eigenvalue weighted by Gasteiger charge is -2.27. The number of hydrogen-bond acceptors (Lipinski definition) is 3. The monoisotopic (exact) mass is 248 g/mol. The third-order valence-corrected chi connectivity index (χ3v) is 3.60. The molecule has 1 aromatic carbocycles. The van der Waals surface area contributed by atoms with Gasteiger partial charge in [0.25, 0.3) is 0 Å². The SMILES string of the molecule is COCCCNCC(C)N1CCc2ccccc21. The van der Waals surface area contributed by atoms with Crippen molar-refractivity contribution in [3.05, 3.63) is 29.8 Å². The predicted octanol–water partition coefficient (Wildman–Crippen LogP) is 2.06. The van der Waals surface area contributed by atoms with Gasteiger partial charge in [-0.3, -0.25) is 0 Å². The summed E-state index contributed by atoms with van der Waals surface area (Å²) >= 11 is 0. The lowest BCUT2D eigenvalue weighted by atomic mass is 10.2. The normalized spacial score (nSPS) is 15.8. The van der Waals surface area contributed by atoms with E-state index in [9.17, 15) is 0 Å². The number of nitrogens with zero attached hydrogens (tertiary/aromatic N) is 1. The zero-order valence-corrected chi connectivity index (χ0v) is 11.5. The van der Waals surface area contributed by atoms with Gasteiger partial charge in [0, 0.05) is 38.5 Å². The molecule has 0 saturated carbocycles. The molecular weight excluding hydrogens is 224 g/mol. The molecule has 3 heteroatoms. The van der Waals surface area contributed by atoms with Crippen LogP contribution in [0.1, 0.15) is 18.9 Å². The fourth-order valence-corrected chi connectivity index (χ4v) is 2.58. The maximum absolute atomic E-state index is 5.04. The lowest BCUT2D eigenvalue weighted by Crippen LogP contribution is -2.39. The van der Waals surface area contributed by atoms with Crippen molar-refractivity contribution in [3.8, 4) is 0 Å². The van der Waals surface area contributed by atoms with Crippen LogP contribution in [0.25, 0.3) is 0 Å². The topological polar surface area (TPSA) is 24.5 Å². The van der Waals surface area contributed by atoms with Gasteiger partial charge in [0.15, 0.2) is 0 Å². The van der Waals surface area contributed by atoms with Gasteiger partial charge in [-0.05, 0) is 37.9 Å². The van der Waals surface area contributed by atoms with Crippen molar-refractivity contribution in [2.45, 2.75) is 25.8 Å². The Hall–Kier alpha value is -1.06. The molecule has 0 fully saturated rings. The zero-order valence-electron chi connectivity index (χ0n) is 11.5. The zero-order chi connectivity index (χ0) is 12.8. The number of nitrogens with one attached hydrogen (secondary N) is 1. The highest BCUT2D eigenvalue weighted by atomic mass is 16.5. The first-order valence-electron chi connectivity index (χ1n) is 6.87. The van der Waals surface area contributed by atoms with Crippen molar-refractivity contribution in [3.63, 3.8) is 0 Å². The summed E-state index contributed by atoms with van der Waals surface area (Å²) in [5, 5.41) is 3.51. The van der Waals surface area contributed by atoms with Crippen molar-refractivity contribution in [2.75, 3.05) is 38.3 Å². The number of hydrogen-bond donors (Lipinski definition) is 1. The van der Waals surface area contributed by atoms with E-state index in [1.54, 1.807) is 7.11 Å². The van der Waals surface area contributed by atoms with Crippen LogP contribution < -0.4 is 10.2 Å². The first kappa shape index (κ1) is 13.4. The minimum atomic E-state index is 0.552. The largest absolute Gasteiger partial charge is 0.385 e. The molecule has 1 aromatic rings. The predicted molar refractivity (Wildman–Crippen MR) is 76.3 cm³/mol. The van der Waals surface area contributed by atoms with Gasteiger partial charge in [-0.15, -0.1) is 0 Å². The molecule has 1 heterocycles. The Morgan fingerprint density at radius 3 is 3.06 bits per heavy atom. The summed E-state index contributed by atoms with van der Waals surface area (Å²) in [5.74, 6) is 0. The Balaban J connectivity index is 1.78. The Morgan fingerprint density at radius 1 is 1.39 bits per heavy atom. The fourth-order valence-electron chi connectivity index (χ4n) is 2.58. The molecule has 1 aliphatic rings. The first-order valence-corrected chi connectivity index (χ1v) is 6.87. The van der Waals surface area contributed by atoms with Crippen LogP contribution in [0.15, 0.2) is 24.3 Å². The number of methoxy groups -OCH3 is 1. The van der Waals surface area contributed by atoms with Gasteiger partial charge >= 0.3 is 0 Å². The van der Waals surface area contributed by atoms with E-state index >= 15 is 0 Å². The van der Waals surface area contributed by atoms with Crippen LogP contribution in [-0.4, -0.2) is 39.4 Å². The van der Waals surface area contributed by atoms with Gasteiger partial charge in [-0.1, -0.05) is 18.2 Å². The standard InChI is InChI=1S/C15H24N2O/c1-13(12-16-9-5-11-18-2)17-10-8-14-6-3-4-7-15(14)17/h3-4,6-7,13,16H,5,8-12H2,1-2H3. The van der Waals surface area contributed by atoms with E-state index in [-0.39, 0.29) is 0 Å². The summed E-state index contributed by atoms with van der Waals surface area (Å²) in [6.07, 6.45) is 2.27. The van der Waals surface area contributed by atoms with Gasteiger partial charge in [-0.2, -0.15) is 0 Å². The van der Waals surface area contributed by atoms with E-state index in [0.29, 0.717) is 6.04 Å². The molecule has 1 aliphatic heterocycles. The molecule has 100 valence electrons. The quantitative estimate of drug-likeness (QED) is 0.748. The molecule has 1 unspecified atom stereocenters. The third-order valence-electron chi connectivity index (χ3n) is 3.60. The maximum Gasteiger partial charge on any atom is 0.0474 e. The Morgan fingerprint density at radius 2 is 2.22 bits per heavy atom. The highest BCUT2D eigenvalue weighted by Crippen LogP contribution is 2.28. The van der Waals surface area contributed by atoms with Crippen LogP contribution in [0.2, 0.25) is 0 Å². The van der Waals surface area contributed by atoms with Gasteiger partial charge in [0.05, 0.1) is 0 Å². The van der Waals surface area contributed by atoms with E-state index in [0.717, 1.165) is 32.7 Å². The molecule has 2 rings (SSSR count). The Labute approximate surface area is 110 Å². The molecule has 18 heavy (non-hydrogen) atoms. The van der Waals surface area contributed by atoms with Gasteiger partial charge in [0.1, 0.15) is 0 Å². The number of anilines is 1. The fraction of sp³-hybridized carbons (Fsp3) is 0.600. The molecule has 0 aliphatic carbocycles. The molecule has 0 bridgehead atoms. The summed E-state index contributed by atoms with van der Waals surface area (Å²) in [7, 11) is 1.75. The average molecular weight is 248 g/mol. The Bertz CT molecular complexity index is 367. The van der Waals surface area contributed by atoms with E-state index in [2.05, 4.69) is 41.4 Å². The van der Waals surface area contributed by atoms with E-state index < -0.39 is 0 Å². The highest BCUT2D eigenvalue weighted by Gasteiger charge is 2.22. The molecule has 3 nitrogen and oxygen atoms in total. The minimum Gasteiger partial charge on any atom is -0.385 e. The van der Waals surface area contributed by atoms with Crippen LogP contribution in [-0.2, 0) is 11.2 Å². The van der Waals surface area contributed by atoms with Crippen molar-refractivity contribution in [2.24, 2.45) is 0 Å². The van der Waals surface area contributed by atoms with Crippen LogP contribution in [0.4, 0.5) is 5.69 Å².